The molecule has 1 N–H and O–H groups in total. The summed E-state index contributed by atoms with van der Waals surface area (Å²) in [5.41, 5.74) is 5.73. The predicted molar refractivity (Wildman–Crippen MR) is 123 cm³/mol. The molecular formula is C25H25N3O4. The molecule has 0 bridgehead atoms. The lowest BCUT2D eigenvalue weighted by molar-refractivity contribution is -0.384. The summed E-state index contributed by atoms with van der Waals surface area (Å²) < 4.78 is 5.67. The third kappa shape index (κ3) is 4.77. The summed E-state index contributed by atoms with van der Waals surface area (Å²) in [4.78, 5) is 22.9. The van der Waals surface area contributed by atoms with E-state index in [2.05, 4.69) is 55.6 Å². The van der Waals surface area contributed by atoms with Crippen LogP contribution in [0.2, 0.25) is 0 Å². The minimum absolute atomic E-state index is 0.00610. The summed E-state index contributed by atoms with van der Waals surface area (Å²) in [7, 11) is 0. The standard InChI is InChI=1S/C25H25N3O4/c1-25(2,3)18-9-7-16(8-10-18)21-14-22(21)24(29)27-26-15-20-11-12-23(32-20)17-5-4-6-19(13-17)28(30)31/h4-13,15,21-22H,14H2,1-3H3,(H,27,29)/b26-15-/t21-,22+/m0/s1. The molecule has 7 heteroatoms. The van der Waals surface area contributed by atoms with Crippen molar-refractivity contribution in [3.63, 3.8) is 0 Å². The second kappa shape index (κ2) is 8.42. The molecular weight excluding hydrogens is 406 g/mol. The van der Waals surface area contributed by atoms with Crippen LogP contribution in [0.1, 0.15) is 50.0 Å². The predicted octanol–water partition coefficient (Wildman–Crippen LogP) is 5.41. The lowest BCUT2D eigenvalue weighted by Gasteiger charge is -2.19. The molecule has 4 rings (SSSR count). The fraction of sp³-hybridized carbons (Fsp3) is 0.280. The number of nitrogens with one attached hydrogen (secondary N) is 1. The van der Waals surface area contributed by atoms with Gasteiger partial charge in [0.15, 0.2) is 0 Å². The van der Waals surface area contributed by atoms with E-state index < -0.39 is 4.92 Å². The van der Waals surface area contributed by atoms with Gasteiger partial charge in [-0.15, -0.1) is 0 Å². The van der Waals surface area contributed by atoms with Crippen molar-refractivity contribution in [2.45, 2.75) is 38.5 Å². The van der Waals surface area contributed by atoms with E-state index in [9.17, 15) is 14.9 Å². The average Bonchev–Trinajstić information content (AvgIpc) is 3.44. The SMILES string of the molecule is CC(C)(C)c1ccc([C@@H]2C[C@H]2C(=O)N/N=C\c2ccc(-c3cccc([N+](=O)[O-])c3)o2)cc1. The number of hydrogen-bond donors (Lipinski definition) is 1. The van der Waals surface area contributed by atoms with E-state index in [-0.39, 0.29) is 28.8 Å². The van der Waals surface area contributed by atoms with Gasteiger partial charge >= 0.3 is 0 Å². The first-order chi connectivity index (χ1) is 15.2. The largest absolute Gasteiger partial charge is 0.455 e. The highest BCUT2D eigenvalue weighted by Gasteiger charge is 2.44. The van der Waals surface area contributed by atoms with Crippen molar-refractivity contribution in [3.05, 3.63) is 87.7 Å². The van der Waals surface area contributed by atoms with Crippen LogP contribution in [0.5, 0.6) is 0 Å². The molecule has 1 aromatic heterocycles. The molecule has 0 aliphatic heterocycles. The maximum absolute atomic E-state index is 12.4. The van der Waals surface area contributed by atoms with Gasteiger partial charge < -0.3 is 4.42 Å². The molecule has 0 radical (unpaired) electrons. The van der Waals surface area contributed by atoms with Crippen LogP contribution in [0.15, 0.2) is 70.2 Å². The number of amides is 1. The lowest BCUT2D eigenvalue weighted by Crippen LogP contribution is -2.20. The molecule has 2 aromatic carbocycles. The molecule has 3 aromatic rings. The van der Waals surface area contributed by atoms with Gasteiger partial charge in [-0.25, -0.2) is 5.43 Å². The maximum atomic E-state index is 12.4. The molecule has 164 valence electrons. The lowest BCUT2D eigenvalue weighted by atomic mass is 9.86. The van der Waals surface area contributed by atoms with Crippen molar-refractivity contribution in [2.75, 3.05) is 0 Å². The number of nitro benzene ring substituents is 1. The number of benzene rings is 2. The Morgan fingerprint density at radius 3 is 2.59 bits per heavy atom. The van der Waals surface area contributed by atoms with E-state index in [1.807, 2.05) is 0 Å². The Balaban J connectivity index is 1.33. The summed E-state index contributed by atoms with van der Waals surface area (Å²) in [6.07, 6.45) is 2.24. The highest BCUT2D eigenvalue weighted by Crippen LogP contribution is 2.47. The summed E-state index contributed by atoms with van der Waals surface area (Å²) in [5, 5.41) is 14.9. The number of carbonyl (C=O) groups is 1. The maximum Gasteiger partial charge on any atom is 0.270 e. The van der Waals surface area contributed by atoms with Crippen LogP contribution in [0, 0.1) is 16.0 Å². The molecule has 2 atom stereocenters. The average molecular weight is 431 g/mol. The van der Waals surface area contributed by atoms with E-state index in [4.69, 9.17) is 4.42 Å². The van der Waals surface area contributed by atoms with E-state index >= 15 is 0 Å². The summed E-state index contributed by atoms with van der Waals surface area (Å²) in [6, 6.07) is 18.1. The number of nitrogens with zero attached hydrogens (tertiary/aromatic N) is 2. The van der Waals surface area contributed by atoms with E-state index in [1.165, 1.54) is 29.5 Å². The Morgan fingerprint density at radius 1 is 1.16 bits per heavy atom. The van der Waals surface area contributed by atoms with E-state index in [0.29, 0.717) is 17.1 Å². The number of rotatable bonds is 6. The first kappa shape index (κ1) is 21.5. The Bertz CT molecular complexity index is 1170. The first-order valence-electron chi connectivity index (χ1n) is 10.5. The smallest absolute Gasteiger partial charge is 0.270 e. The van der Waals surface area contributed by atoms with Crippen LogP contribution in [-0.2, 0) is 10.2 Å². The van der Waals surface area contributed by atoms with Gasteiger partial charge in [0, 0.05) is 23.6 Å². The quantitative estimate of drug-likeness (QED) is 0.321. The van der Waals surface area contributed by atoms with Crippen molar-refractivity contribution >= 4 is 17.8 Å². The number of hydrogen-bond acceptors (Lipinski definition) is 5. The Labute approximate surface area is 186 Å². The Morgan fingerprint density at radius 2 is 1.91 bits per heavy atom. The molecule has 0 saturated heterocycles. The van der Waals surface area contributed by atoms with Crippen LogP contribution in [0.4, 0.5) is 5.69 Å². The first-order valence-corrected chi connectivity index (χ1v) is 10.5. The van der Waals surface area contributed by atoms with Crippen LogP contribution in [0.3, 0.4) is 0 Å². The monoisotopic (exact) mass is 431 g/mol. The second-order valence-corrected chi connectivity index (χ2v) is 9.06. The summed E-state index contributed by atoms with van der Waals surface area (Å²) in [6.45, 7) is 6.54. The number of non-ortho nitro benzene ring substituents is 1. The van der Waals surface area contributed by atoms with Gasteiger partial charge in [-0.05, 0) is 41.0 Å². The van der Waals surface area contributed by atoms with Gasteiger partial charge in [-0.1, -0.05) is 57.2 Å². The molecule has 1 heterocycles. The molecule has 0 unspecified atom stereocenters. The molecule has 1 amide bonds. The van der Waals surface area contributed by atoms with Crippen LogP contribution >= 0.6 is 0 Å². The topological polar surface area (TPSA) is 97.7 Å². The summed E-state index contributed by atoms with van der Waals surface area (Å²) >= 11 is 0. The zero-order valence-electron chi connectivity index (χ0n) is 18.2. The summed E-state index contributed by atoms with van der Waals surface area (Å²) in [5.74, 6) is 0.962. The normalized spacial score (nSPS) is 18.0. The van der Waals surface area contributed by atoms with Gasteiger partial charge in [0.2, 0.25) is 5.91 Å². The molecule has 1 fully saturated rings. The van der Waals surface area contributed by atoms with Crippen LogP contribution in [0.25, 0.3) is 11.3 Å². The van der Waals surface area contributed by atoms with Crippen molar-refractivity contribution < 1.29 is 14.1 Å². The zero-order valence-corrected chi connectivity index (χ0v) is 18.2. The number of furan rings is 1. The fourth-order valence-corrected chi connectivity index (χ4v) is 3.68. The number of hydrazone groups is 1. The fourth-order valence-electron chi connectivity index (χ4n) is 3.68. The minimum atomic E-state index is -0.450. The van der Waals surface area contributed by atoms with Crippen molar-refractivity contribution in [1.29, 1.82) is 0 Å². The van der Waals surface area contributed by atoms with E-state index in [0.717, 1.165) is 6.42 Å². The van der Waals surface area contributed by atoms with Gasteiger partial charge in [-0.2, -0.15) is 5.10 Å². The molecule has 7 nitrogen and oxygen atoms in total. The zero-order chi connectivity index (χ0) is 22.9. The third-order valence-electron chi connectivity index (χ3n) is 5.67. The van der Waals surface area contributed by atoms with Gasteiger partial charge in [-0.3, -0.25) is 14.9 Å². The van der Waals surface area contributed by atoms with Crippen LogP contribution < -0.4 is 5.43 Å². The molecule has 1 saturated carbocycles. The molecule has 1 aliphatic carbocycles. The van der Waals surface area contributed by atoms with Gasteiger partial charge in [0.05, 0.1) is 11.1 Å². The van der Waals surface area contributed by atoms with Crippen molar-refractivity contribution in [1.82, 2.24) is 5.43 Å². The molecule has 32 heavy (non-hydrogen) atoms. The Hall–Kier alpha value is -3.74. The van der Waals surface area contributed by atoms with Crippen molar-refractivity contribution in [3.8, 4) is 11.3 Å². The van der Waals surface area contributed by atoms with Crippen LogP contribution in [-0.4, -0.2) is 17.0 Å². The van der Waals surface area contributed by atoms with Gasteiger partial charge in [0.1, 0.15) is 11.5 Å². The molecule has 1 aliphatic rings. The van der Waals surface area contributed by atoms with E-state index in [1.54, 1.807) is 24.3 Å². The highest BCUT2D eigenvalue weighted by molar-refractivity contribution is 5.85. The third-order valence-corrected chi connectivity index (χ3v) is 5.67. The van der Waals surface area contributed by atoms with Gasteiger partial charge in [0.25, 0.3) is 5.69 Å². The van der Waals surface area contributed by atoms with Crippen molar-refractivity contribution in [2.24, 2.45) is 11.0 Å². The minimum Gasteiger partial charge on any atom is -0.455 e. The second-order valence-electron chi connectivity index (χ2n) is 9.06. The Kier molecular flexibility index (Phi) is 5.65. The number of nitro groups is 1. The molecule has 0 spiro atoms. The highest BCUT2D eigenvalue weighted by atomic mass is 16.6. The number of carbonyl (C=O) groups excluding carboxylic acids is 1.